The first-order valence-corrected chi connectivity index (χ1v) is 7.11. The number of carbonyl (C=O) groups is 1. The molecule has 1 rings (SSSR count). The van der Waals surface area contributed by atoms with Gasteiger partial charge in [-0.25, -0.2) is 0 Å². The summed E-state index contributed by atoms with van der Waals surface area (Å²) in [4.78, 5) is 22.5. The van der Waals surface area contributed by atoms with Crippen LogP contribution in [0.5, 0.6) is 5.75 Å². The molecule has 7 heteroatoms. The number of hydrogen-bond donors (Lipinski definition) is 1. The van der Waals surface area contributed by atoms with Gasteiger partial charge in [0.15, 0.2) is 5.75 Å². The SMILES string of the molecule is COc1ccc(C(=O)NC(CCl)CC(C)C)cc1[N+](=O)[O-]. The first kappa shape index (κ1) is 17.2. The molecule has 1 amide bonds. The van der Waals surface area contributed by atoms with Crippen molar-refractivity contribution in [1.82, 2.24) is 5.32 Å². The lowest BCUT2D eigenvalue weighted by molar-refractivity contribution is -0.385. The standard InChI is InChI=1S/C14H19ClN2O4/c1-9(2)6-11(8-15)16-14(18)10-4-5-13(21-3)12(7-10)17(19)20/h4-5,7,9,11H,6,8H2,1-3H3,(H,16,18). The van der Waals surface area contributed by atoms with E-state index in [0.29, 0.717) is 11.8 Å². The molecule has 21 heavy (non-hydrogen) atoms. The van der Waals surface area contributed by atoms with Gasteiger partial charge >= 0.3 is 5.69 Å². The Labute approximate surface area is 128 Å². The first-order chi connectivity index (χ1) is 9.88. The third kappa shape index (κ3) is 4.90. The van der Waals surface area contributed by atoms with E-state index in [1.54, 1.807) is 0 Å². The first-order valence-electron chi connectivity index (χ1n) is 6.58. The topological polar surface area (TPSA) is 81.5 Å². The summed E-state index contributed by atoms with van der Waals surface area (Å²) in [6.45, 7) is 4.06. The highest BCUT2D eigenvalue weighted by Crippen LogP contribution is 2.27. The summed E-state index contributed by atoms with van der Waals surface area (Å²) < 4.78 is 4.90. The minimum atomic E-state index is -0.581. The Morgan fingerprint density at radius 2 is 2.14 bits per heavy atom. The minimum absolute atomic E-state index is 0.118. The molecular weight excluding hydrogens is 296 g/mol. The Kier molecular flexibility index (Phi) is 6.42. The molecule has 116 valence electrons. The van der Waals surface area contributed by atoms with Crippen molar-refractivity contribution in [2.45, 2.75) is 26.3 Å². The third-order valence-corrected chi connectivity index (χ3v) is 3.29. The predicted octanol–water partition coefficient (Wildman–Crippen LogP) is 2.99. The number of amides is 1. The van der Waals surface area contributed by atoms with Crippen molar-refractivity contribution >= 4 is 23.2 Å². The maximum absolute atomic E-state index is 12.1. The lowest BCUT2D eigenvalue weighted by Crippen LogP contribution is -2.37. The summed E-state index contributed by atoms with van der Waals surface area (Å²) in [5, 5.41) is 13.7. The van der Waals surface area contributed by atoms with Gasteiger partial charge in [-0.1, -0.05) is 13.8 Å². The molecule has 1 aromatic rings. The van der Waals surface area contributed by atoms with Gasteiger partial charge in [0.1, 0.15) is 0 Å². The van der Waals surface area contributed by atoms with E-state index >= 15 is 0 Å². The highest BCUT2D eigenvalue weighted by molar-refractivity contribution is 6.18. The second-order valence-electron chi connectivity index (χ2n) is 5.10. The van der Waals surface area contributed by atoms with Crippen LogP contribution >= 0.6 is 11.6 Å². The second-order valence-corrected chi connectivity index (χ2v) is 5.41. The van der Waals surface area contributed by atoms with Gasteiger partial charge in [0.25, 0.3) is 5.91 Å². The molecule has 0 aliphatic rings. The number of nitro benzene ring substituents is 1. The number of rotatable bonds is 7. The summed E-state index contributed by atoms with van der Waals surface area (Å²) in [7, 11) is 1.34. The molecule has 0 fully saturated rings. The number of halogens is 1. The molecule has 0 aliphatic carbocycles. The van der Waals surface area contributed by atoms with Crippen LogP contribution in [0, 0.1) is 16.0 Å². The smallest absolute Gasteiger partial charge is 0.311 e. The molecule has 0 bridgehead atoms. The van der Waals surface area contributed by atoms with Gasteiger partial charge in [0.2, 0.25) is 0 Å². The normalized spacial score (nSPS) is 12.0. The molecule has 0 aromatic heterocycles. The van der Waals surface area contributed by atoms with E-state index in [1.165, 1.54) is 25.3 Å². The molecule has 0 spiro atoms. The maximum atomic E-state index is 12.1. The number of nitrogens with one attached hydrogen (secondary N) is 1. The van der Waals surface area contributed by atoms with Gasteiger partial charge in [-0.2, -0.15) is 0 Å². The Hall–Kier alpha value is -1.82. The van der Waals surface area contributed by atoms with Gasteiger partial charge in [-0.05, 0) is 24.5 Å². The molecule has 0 saturated carbocycles. The van der Waals surface area contributed by atoms with Crippen LogP contribution in [0.3, 0.4) is 0 Å². The lowest BCUT2D eigenvalue weighted by Gasteiger charge is -2.18. The zero-order chi connectivity index (χ0) is 16.0. The number of hydrogen-bond acceptors (Lipinski definition) is 4. The van der Waals surface area contributed by atoms with Crippen molar-refractivity contribution in [3.05, 3.63) is 33.9 Å². The molecular formula is C14H19ClN2O4. The van der Waals surface area contributed by atoms with E-state index in [4.69, 9.17) is 16.3 Å². The van der Waals surface area contributed by atoms with Gasteiger partial charge in [0.05, 0.1) is 12.0 Å². The van der Waals surface area contributed by atoms with Crippen LogP contribution in [0.25, 0.3) is 0 Å². The summed E-state index contributed by atoms with van der Waals surface area (Å²) >= 11 is 5.83. The Morgan fingerprint density at radius 1 is 1.48 bits per heavy atom. The van der Waals surface area contributed by atoms with Crippen LogP contribution in [0.1, 0.15) is 30.6 Å². The van der Waals surface area contributed by atoms with Crippen molar-refractivity contribution in [2.75, 3.05) is 13.0 Å². The molecule has 1 unspecified atom stereocenters. The van der Waals surface area contributed by atoms with E-state index in [-0.39, 0.29) is 28.9 Å². The van der Waals surface area contributed by atoms with Gasteiger partial charge < -0.3 is 10.1 Å². The zero-order valence-electron chi connectivity index (χ0n) is 12.3. The summed E-state index contributed by atoms with van der Waals surface area (Å²) in [5.74, 6) is 0.418. The van der Waals surface area contributed by atoms with Crippen molar-refractivity contribution in [3.8, 4) is 5.75 Å². The van der Waals surface area contributed by atoms with E-state index in [1.807, 2.05) is 13.8 Å². The van der Waals surface area contributed by atoms with Crippen molar-refractivity contribution in [1.29, 1.82) is 0 Å². The van der Waals surface area contributed by atoms with E-state index in [9.17, 15) is 14.9 Å². The van der Waals surface area contributed by atoms with Gasteiger partial charge in [-0.3, -0.25) is 14.9 Å². The second kappa shape index (κ2) is 7.83. The summed E-state index contributed by atoms with van der Waals surface area (Å²) in [5.41, 5.74) is -0.0298. The summed E-state index contributed by atoms with van der Waals surface area (Å²) in [6, 6.07) is 3.93. The third-order valence-electron chi connectivity index (χ3n) is 2.92. The van der Waals surface area contributed by atoms with Crippen LogP contribution in [-0.4, -0.2) is 29.9 Å². The molecule has 0 heterocycles. The molecule has 1 N–H and O–H groups in total. The molecule has 0 aliphatic heterocycles. The molecule has 1 aromatic carbocycles. The van der Waals surface area contributed by atoms with Crippen molar-refractivity contribution in [2.24, 2.45) is 5.92 Å². The van der Waals surface area contributed by atoms with Gasteiger partial charge in [-0.15, -0.1) is 11.6 Å². The van der Waals surface area contributed by atoms with E-state index < -0.39 is 4.92 Å². The van der Waals surface area contributed by atoms with Crippen LogP contribution in [0.2, 0.25) is 0 Å². The number of alkyl halides is 1. The number of ether oxygens (including phenoxy) is 1. The van der Waals surface area contributed by atoms with Gasteiger partial charge in [0, 0.05) is 23.6 Å². The quantitative estimate of drug-likeness (QED) is 0.476. The van der Waals surface area contributed by atoms with E-state index in [2.05, 4.69) is 5.32 Å². The predicted molar refractivity (Wildman–Crippen MR) is 81.1 cm³/mol. The number of nitro groups is 1. The van der Waals surface area contributed by atoms with Crippen molar-refractivity contribution < 1.29 is 14.5 Å². The van der Waals surface area contributed by atoms with Crippen LogP contribution in [-0.2, 0) is 0 Å². The zero-order valence-corrected chi connectivity index (χ0v) is 13.0. The lowest BCUT2D eigenvalue weighted by atomic mass is 10.0. The highest BCUT2D eigenvalue weighted by Gasteiger charge is 2.20. The Bertz CT molecular complexity index is 520. The molecule has 6 nitrogen and oxygen atoms in total. The maximum Gasteiger partial charge on any atom is 0.311 e. The molecule has 0 radical (unpaired) electrons. The van der Waals surface area contributed by atoms with Crippen LogP contribution in [0.15, 0.2) is 18.2 Å². The Balaban J connectivity index is 2.92. The number of methoxy groups -OCH3 is 1. The number of nitrogens with zero attached hydrogens (tertiary/aromatic N) is 1. The van der Waals surface area contributed by atoms with Crippen LogP contribution in [0.4, 0.5) is 5.69 Å². The number of carbonyl (C=O) groups excluding carboxylic acids is 1. The fraction of sp³-hybridized carbons (Fsp3) is 0.500. The Morgan fingerprint density at radius 3 is 2.62 bits per heavy atom. The fourth-order valence-corrected chi connectivity index (χ4v) is 2.18. The highest BCUT2D eigenvalue weighted by atomic mass is 35.5. The van der Waals surface area contributed by atoms with E-state index in [0.717, 1.165) is 6.42 Å². The summed E-state index contributed by atoms with van der Waals surface area (Å²) in [6.07, 6.45) is 0.744. The minimum Gasteiger partial charge on any atom is -0.490 e. The average Bonchev–Trinajstić information content (AvgIpc) is 2.45. The monoisotopic (exact) mass is 314 g/mol. The van der Waals surface area contributed by atoms with Crippen LogP contribution < -0.4 is 10.1 Å². The average molecular weight is 315 g/mol. The number of benzene rings is 1. The molecule has 0 saturated heterocycles. The van der Waals surface area contributed by atoms with Crippen molar-refractivity contribution in [3.63, 3.8) is 0 Å². The molecule has 1 atom stereocenters. The largest absolute Gasteiger partial charge is 0.490 e. The fourth-order valence-electron chi connectivity index (χ4n) is 1.97.